The molecule has 0 amide bonds. The van der Waals surface area contributed by atoms with Crippen LogP contribution in [-0.4, -0.2) is 66.1 Å². The van der Waals surface area contributed by atoms with E-state index in [2.05, 4.69) is 55.4 Å². The van der Waals surface area contributed by atoms with Gasteiger partial charge in [-0.3, -0.25) is 14.7 Å². The number of hydrogen-bond acceptors (Lipinski definition) is 4. The standard InChI is InChI=1S/C21H37N3O.Na/c1-16(2)23-9-7-22(8-10-24(12-11-23)17(3)4)15-20-14-18(5)13-19(6)21(20)25;/h13-14,16-17,25H,7-12,15H2,1-6H3;/q;+1/p-1. The van der Waals surface area contributed by atoms with Gasteiger partial charge >= 0.3 is 29.6 Å². The van der Waals surface area contributed by atoms with Crippen LogP contribution in [0.1, 0.15) is 44.4 Å². The van der Waals surface area contributed by atoms with E-state index in [9.17, 15) is 5.11 Å². The van der Waals surface area contributed by atoms with E-state index in [1.807, 2.05) is 13.0 Å². The van der Waals surface area contributed by atoms with Crippen LogP contribution in [0, 0.1) is 13.8 Å². The molecule has 4 nitrogen and oxygen atoms in total. The van der Waals surface area contributed by atoms with Crippen LogP contribution in [0.2, 0.25) is 0 Å². The molecule has 26 heavy (non-hydrogen) atoms. The normalized spacial score (nSPS) is 18.5. The van der Waals surface area contributed by atoms with Crippen LogP contribution in [0.3, 0.4) is 0 Å². The largest absolute Gasteiger partial charge is 1.00 e. The van der Waals surface area contributed by atoms with Gasteiger partial charge in [-0.25, -0.2) is 0 Å². The van der Waals surface area contributed by atoms with Crippen LogP contribution in [0.4, 0.5) is 0 Å². The topological polar surface area (TPSA) is 32.8 Å². The fourth-order valence-corrected chi connectivity index (χ4v) is 3.72. The van der Waals surface area contributed by atoms with E-state index < -0.39 is 0 Å². The van der Waals surface area contributed by atoms with E-state index >= 15 is 0 Å². The predicted molar refractivity (Wildman–Crippen MR) is 104 cm³/mol. The molecule has 142 valence electrons. The molecular weight excluding hydrogens is 333 g/mol. The Balaban J connectivity index is 0.00000338. The van der Waals surface area contributed by atoms with E-state index in [1.54, 1.807) is 0 Å². The fourth-order valence-electron chi connectivity index (χ4n) is 3.72. The van der Waals surface area contributed by atoms with Gasteiger partial charge in [-0.15, -0.1) is 5.75 Å². The molecule has 1 fully saturated rings. The molecule has 1 heterocycles. The maximum Gasteiger partial charge on any atom is 1.00 e. The number of aryl methyl sites for hydroxylation is 2. The second-order valence-corrected chi connectivity index (χ2v) is 8.11. The predicted octanol–water partition coefficient (Wildman–Crippen LogP) is -0.383. The fraction of sp³-hybridized carbons (Fsp3) is 0.714. The molecule has 2 rings (SSSR count). The molecule has 0 aliphatic carbocycles. The Hall–Kier alpha value is -0.100. The minimum absolute atomic E-state index is 0. The smallest absolute Gasteiger partial charge is 0.872 e. The summed E-state index contributed by atoms with van der Waals surface area (Å²) in [5, 5.41) is 12.5. The molecule has 0 N–H and O–H groups in total. The first-order valence-electron chi connectivity index (χ1n) is 9.75. The van der Waals surface area contributed by atoms with E-state index in [1.165, 1.54) is 5.56 Å². The number of benzene rings is 1. The van der Waals surface area contributed by atoms with Crippen molar-refractivity contribution >= 4 is 0 Å². The van der Waals surface area contributed by atoms with Gasteiger partial charge < -0.3 is 5.11 Å². The number of rotatable bonds is 4. The molecular formula is C21H36N3NaO. The average molecular weight is 370 g/mol. The molecule has 1 aromatic carbocycles. The van der Waals surface area contributed by atoms with Gasteiger partial charge in [0.1, 0.15) is 0 Å². The summed E-state index contributed by atoms with van der Waals surface area (Å²) >= 11 is 0. The summed E-state index contributed by atoms with van der Waals surface area (Å²) in [7, 11) is 0. The van der Waals surface area contributed by atoms with Crippen LogP contribution >= 0.6 is 0 Å². The first-order chi connectivity index (χ1) is 11.8. The summed E-state index contributed by atoms with van der Waals surface area (Å²) in [6.45, 7) is 20.3. The number of hydrogen-bond donors (Lipinski definition) is 0. The van der Waals surface area contributed by atoms with Gasteiger partial charge in [-0.05, 0) is 47.1 Å². The van der Waals surface area contributed by atoms with Crippen LogP contribution < -0.4 is 34.7 Å². The summed E-state index contributed by atoms with van der Waals surface area (Å²) in [5.41, 5.74) is 3.00. The van der Waals surface area contributed by atoms with E-state index in [-0.39, 0.29) is 35.3 Å². The molecule has 1 aromatic rings. The zero-order valence-corrected chi connectivity index (χ0v) is 20.0. The van der Waals surface area contributed by atoms with Crippen molar-refractivity contribution in [1.82, 2.24) is 14.7 Å². The summed E-state index contributed by atoms with van der Waals surface area (Å²) in [4.78, 5) is 7.59. The van der Waals surface area contributed by atoms with E-state index in [0.29, 0.717) is 12.1 Å². The van der Waals surface area contributed by atoms with Crippen molar-refractivity contribution in [1.29, 1.82) is 0 Å². The first kappa shape index (κ1) is 23.9. The maximum absolute atomic E-state index is 12.5. The van der Waals surface area contributed by atoms with Gasteiger partial charge in [-0.2, -0.15) is 0 Å². The molecule has 0 spiro atoms. The Morgan fingerprint density at radius 3 is 1.77 bits per heavy atom. The molecule has 0 aromatic heterocycles. The average Bonchev–Trinajstić information content (AvgIpc) is 2.62. The van der Waals surface area contributed by atoms with Crippen molar-refractivity contribution < 1.29 is 34.7 Å². The van der Waals surface area contributed by atoms with Crippen LogP contribution in [-0.2, 0) is 6.54 Å². The number of nitrogens with zero attached hydrogens (tertiary/aromatic N) is 3. The summed E-state index contributed by atoms with van der Waals surface area (Å²) in [5.74, 6) is 0.215. The summed E-state index contributed by atoms with van der Waals surface area (Å²) < 4.78 is 0. The molecule has 1 aliphatic heterocycles. The Morgan fingerprint density at radius 2 is 1.31 bits per heavy atom. The van der Waals surface area contributed by atoms with E-state index in [4.69, 9.17) is 0 Å². The maximum atomic E-state index is 12.5. The third kappa shape index (κ3) is 6.81. The first-order valence-corrected chi connectivity index (χ1v) is 9.75. The minimum atomic E-state index is 0. The van der Waals surface area contributed by atoms with Crippen molar-refractivity contribution in [2.45, 2.75) is 60.2 Å². The Morgan fingerprint density at radius 1 is 0.846 bits per heavy atom. The second kappa shape index (κ2) is 11.0. The zero-order valence-electron chi connectivity index (χ0n) is 18.0. The van der Waals surface area contributed by atoms with Crippen LogP contribution in [0.15, 0.2) is 12.1 Å². The van der Waals surface area contributed by atoms with Gasteiger partial charge in [0, 0.05) is 57.9 Å². The van der Waals surface area contributed by atoms with Crippen molar-refractivity contribution in [2.24, 2.45) is 0 Å². The molecule has 0 atom stereocenters. The third-order valence-corrected chi connectivity index (χ3v) is 5.43. The summed E-state index contributed by atoms with van der Waals surface area (Å²) in [6.07, 6.45) is 0. The Bertz CT molecular complexity index is 542. The van der Waals surface area contributed by atoms with Crippen molar-refractivity contribution in [3.63, 3.8) is 0 Å². The summed E-state index contributed by atoms with van der Waals surface area (Å²) in [6, 6.07) is 5.18. The van der Waals surface area contributed by atoms with Crippen molar-refractivity contribution in [3.05, 3.63) is 28.8 Å². The zero-order chi connectivity index (χ0) is 18.6. The van der Waals surface area contributed by atoms with Crippen molar-refractivity contribution in [3.8, 4) is 5.75 Å². The van der Waals surface area contributed by atoms with Crippen LogP contribution in [0.25, 0.3) is 0 Å². The van der Waals surface area contributed by atoms with Crippen LogP contribution in [0.5, 0.6) is 5.75 Å². The molecule has 0 radical (unpaired) electrons. The van der Waals surface area contributed by atoms with E-state index in [0.717, 1.165) is 56.9 Å². The molecule has 0 saturated carbocycles. The van der Waals surface area contributed by atoms with Crippen molar-refractivity contribution in [2.75, 3.05) is 39.3 Å². The molecule has 5 heteroatoms. The molecule has 0 unspecified atom stereocenters. The van der Waals surface area contributed by atoms with Gasteiger partial charge in [0.25, 0.3) is 0 Å². The van der Waals surface area contributed by atoms with Gasteiger partial charge in [-0.1, -0.05) is 23.3 Å². The molecule has 1 aliphatic rings. The Kier molecular flexibility index (Phi) is 10.2. The second-order valence-electron chi connectivity index (χ2n) is 8.11. The molecule has 0 bridgehead atoms. The SMILES string of the molecule is Cc1cc(C)c([O-])c(CN2CCN(C(C)C)CCN(C(C)C)CC2)c1.[Na+]. The monoisotopic (exact) mass is 369 g/mol. The van der Waals surface area contributed by atoms with Gasteiger partial charge in [0.05, 0.1) is 0 Å². The van der Waals surface area contributed by atoms with Gasteiger partial charge in [0.15, 0.2) is 0 Å². The minimum Gasteiger partial charge on any atom is -0.872 e. The molecule has 1 saturated heterocycles. The van der Waals surface area contributed by atoms with Gasteiger partial charge in [0.2, 0.25) is 0 Å². The Labute approximate surface area is 182 Å². The third-order valence-electron chi connectivity index (χ3n) is 5.43. The quantitative estimate of drug-likeness (QED) is 0.678.